The van der Waals surface area contributed by atoms with Gasteiger partial charge >= 0.3 is 0 Å². The lowest BCUT2D eigenvalue weighted by molar-refractivity contribution is -0.384. The molecule has 9 nitrogen and oxygen atoms in total. The van der Waals surface area contributed by atoms with Gasteiger partial charge in [0.1, 0.15) is 11.4 Å². The third-order valence-corrected chi connectivity index (χ3v) is 4.49. The average molecular weight is 458 g/mol. The number of nitrogens with zero attached hydrogens (tertiary/aromatic N) is 2. The fourth-order valence-corrected chi connectivity index (χ4v) is 2.88. The second-order valence-corrected chi connectivity index (χ2v) is 6.93. The Balaban J connectivity index is 1.80. The Kier molecular flexibility index (Phi) is 8.23. The summed E-state index contributed by atoms with van der Waals surface area (Å²) in [6.07, 6.45) is 2.78. The minimum atomic E-state index is -0.696. The topological polar surface area (TPSA) is 123 Å². The minimum Gasteiger partial charge on any atom is -0.494 e. The van der Waals surface area contributed by atoms with E-state index in [1.807, 2.05) is 6.92 Å². The number of benzene rings is 3. The largest absolute Gasteiger partial charge is 0.494 e. The number of hydrogen-bond donors (Lipinski definition) is 2. The molecule has 3 rings (SSSR count). The zero-order valence-corrected chi connectivity index (χ0v) is 18.3. The molecule has 9 heteroatoms. The molecule has 0 aliphatic rings. The van der Waals surface area contributed by atoms with Crippen molar-refractivity contribution < 1.29 is 19.2 Å². The van der Waals surface area contributed by atoms with Crippen LogP contribution in [0.15, 0.2) is 89.7 Å². The number of nitro benzene ring substituents is 1. The first-order valence-electron chi connectivity index (χ1n) is 10.3. The van der Waals surface area contributed by atoms with Crippen molar-refractivity contribution in [2.24, 2.45) is 5.10 Å². The van der Waals surface area contributed by atoms with Crippen LogP contribution < -0.4 is 15.5 Å². The first-order valence-corrected chi connectivity index (χ1v) is 10.3. The van der Waals surface area contributed by atoms with E-state index in [9.17, 15) is 19.7 Å². The lowest BCUT2D eigenvalue weighted by Gasteiger charge is -2.09. The molecule has 0 atom stereocenters. The summed E-state index contributed by atoms with van der Waals surface area (Å²) in [5, 5.41) is 17.6. The summed E-state index contributed by atoms with van der Waals surface area (Å²) in [5.41, 5.74) is 3.53. The van der Waals surface area contributed by atoms with Crippen molar-refractivity contribution in [3.05, 3.63) is 111 Å². The molecule has 0 aromatic heterocycles. The summed E-state index contributed by atoms with van der Waals surface area (Å²) >= 11 is 0. The van der Waals surface area contributed by atoms with E-state index in [1.54, 1.807) is 60.7 Å². The molecule has 0 fully saturated rings. The maximum absolute atomic E-state index is 12.8. The van der Waals surface area contributed by atoms with Gasteiger partial charge in [0.05, 0.1) is 17.7 Å². The number of nitrogens with one attached hydrogen (secondary N) is 2. The molecule has 0 saturated carbocycles. The molecule has 2 amide bonds. The van der Waals surface area contributed by atoms with E-state index >= 15 is 0 Å². The Bertz CT molecular complexity index is 1220. The molecule has 172 valence electrons. The van der Waals surface area contributed by atoms with Crippen LogP contribution in [0.5, 0.6) is 5.75 Å². The molecule has 3 aromatic rings. The van der Waals surface area contributed by atoms with Crippen LogP contribution in [-0.4, -0.2) is 29.6 Å². The van der Waals surface area contributed by atoms with Crippen molar-refractivity contribution in [2.75, 3.05) is 6.61 Å². The molecule has 0 unspecified atom stereocenters. The molecule has 0 heterocycles. The van der Waals surface area contributed by atoms with Crippen LogP contribution >= 0.6 is 0 Å². The normalized spacial score (nSPS) is 11.1. The molecule has 0 spiro atoms. The van der Waals surface area contributed by atoms with Crippen molar-refractivity contribution in [1.82, 2.24) is 10.7 Å². The molecule has 0 saturated heterocycles. The number of amides is 2. The van der Waals surface area contributed by atoms with Gasteiger partial charge in [0.15, 0.2) is 0 Å². The third-order valence-electron chi connectivity index (χ3n) is 4.49. The summed E-state index contributed by atoms with van der Waals surface area (Å²) in [6.45, 7) is 2.44. The van der Waals surface area contributed by atoms with E-state index in [0.717, 1.165) is 11.3 Å². The van der Waals surface area contributed by atoms with Gasteiger partial charge in [0.2, 0.25) is 0 Å². The summed E-state index contributed by atoms with van der Waals surface area (Å²) in [7, 11) is 0. The molecule has 0 radical (unpaired) electrons. The summed E-state index contributed by atoms with van der Waals surface area (Å²) in [5.74, 6) is -0.490. The number of ether oxygens (including phenoxy) is 1. The van der Waals surface area contributed by atoms with Crippen molar-refractivity contribution in [2.45, 2.75) is 6.92 Å². The Labute approximate surface area is 195 Å². The van der Waals surface area contributed by atoms with E-state index in [0.29, 0.717) is 17.7 Å². The quantitative estimate of drug-likeness (QED) is 0.218. The SMILES string of the molecule is CCOc1ccc(/C=N/NC(=O)/C(=C/c2cccc([N+](=O)[O-])c2)NC(=O)c2ccccc2)cc1. The van der Waals surface area contributed by atoms with Crippen molar-refractivity contribution in [1.29, 1.82) is 0 Å². The fraction of sp³-hybridized carbons (Fsp3) is 0.0800. The highest BCUT2D eigenvalue weighted by molar-refractivity contribution is 6.05. The predicted octanol–water partition coefficient (Wildman–Crippen LogP) is 3.91. The van der Waals surface area contributed by atoms with E-state index in [-0.39, 0.29) is 11.4 Å². The number of nitro groups is 1. The zero-order valence-electron chi connectivity index (χ0n) is 18.3. The van der Waals surface area contributed by atoms with Gasteiger partial charge in [0, 0.05) is 17.7 Å². The van der Waals surface area contributed by atoms with Crippen molar-refractivity contribution in [3.8, 4) is 5.75 Å². The van der Waals surface area contributed by atoms with Crippen molar-refractivity contribution >= 4 is 29.8 Å². The summed E-state index contributed by atoms with van der Waals surface area (Å²) in [6, 6.07) is 21.2. The second kappa shape index (κ2) is 11.7. The first kappa shape index (κ1) is 23.9. The molecule has 0 bridgehead atoms. The number of rotatable bonds is 9. The zero-order chi connectivity index (χ0) is 24.3. The number of non-ortho nitro benzene ring substituents is 1. The van der Waals surface area contributed by atoms with E-state index in [2.05, 4.69) is 15.8 Å². The monoisotopic (exact) mass is 458 g/mol. The Hall–Kier alpha value is -4.79. The predicted molar refractivity (Wildman–Crippen MR) is 128 cm³/mol. The van der Waals surface area contributed by atoms with Crippen LogP contribution in [0.3, 0.4) is 0 Å². The van der Waals surface area contributed by atoms with E-state index in [4.69, 9.17) is 4.74 Å². The summed E-state index contributed by atoms with van der Waals surface area (Å²) in [4.78, 5) is 36.0. The Morgan fingerprint density at radius 1 is 1.00 bits per heavy atom. The lowest BCUT2D eigenvalue weighted by Crippen LogP contribution is -2.32. The van der Waals surface area contributed by atoms with E-state index < -0.39 is 16.7 Å². The lowest BCUT2D eigenvalue weighted by atomic mass is 10.1. The highest BCUT2D eigenvalue weighted by Gasteiger charge is 2.15. The molecule has 0 aliphatic carbocycles. The van der Waals surface area contributed by atoms with Gasteiger partial charge in [-0.3, -0.25) is 19.7 Å². The molecule has 34 heavy (non-hydrogen) atoms. The molecule has 2 N–H and O–H groups in total. The Morgan fingerprint density at radius 2 is 1.74 bits per heavy atom. The van der Waals surface area contributed by atoms with Gasteiger partial charge in [0.25, 0.3) is 17.5 Å². The molecule has 3 aromatic carbocycles. The average Bonchev–Trinajstić information content (AvgIpc) is 2.85. The van der Waals surface area contributed by atoms with Gasteiger partial charge in [-0.15, -0.1) is 0 Å². The van der Waals surface area contributed by atoms with Gasteiger partial charge in [-0.1, -0.05) is 30.3 Å². The highest BCUT2D eigenvalue weighted by atomic mass is 16.6. The third kappa shape index (κ3) is 6.86. The smallest absolute Gasteiger partial charge is 0.287 e. The summed E-state index contributed by atoms with van der Waals surface area (Å²) < 4.78 is 5.38. The highest BCUT2D eigenvalue weighted by Crippen LogP contribution is 2.16. The minimum absolute atomic E-state index is 0.127. The van der Waals surface area contributed by atoms with Crippen LogP contribution in [0, 0.1) is 10.1 Å². The number of carbonyl (C=O) groups excluding carboxylic acids is 2. The van der Waals surface area contributed by atoms with E-state index in [1.165, 1.54) is 30.5 Å². The van der Waals surface area contributed by atoms with Crippen LogP contribution in [0.4, 0.5) is 5.69 Å². The van der Waals surface area contributed by atoms with Gasteiger partial charge < -0.3 is 10.1 Å². The maximum atomic E-state index is 12.8. The van der Waals surface area contributed by atoms with Crippen molar-refractivity contribution in [3.63, 3.8) is 0 Å². The number of hydrazone groups is 1. The molecular weight excluding hydrogens is 436 g/mol. The van der Waals surface area contributed by atoms with Gasteiger partial charge in [-0.25, -0.2) is 5.43 Å². The Morgan fingerprint density at radius 3 is 2.41 bits per heavy atom. The molecular formula is C25H22N4O5. The standard InChI is InChI=1S/C25H22N4O5/c1-2-34-22-13-11-18(12-14-22)17-26-28-25(31)23(27-24(30)20-8-4-3-5-9-20)16-19-7-6-10-21(15-19)29(32)33/h3-17H,2H2,1H3,(H,27,30)(H,28,31)/b23-16-,26-17+. The van der Waals surface area contributed by atoms with Crippen LogP contribution in [0.2, 0.25) is 0 Å². The van der Waals surface area contributed by atoms with Crippen LogP contribution in [0.1, 0.15) is 28.4 Å². The second-order valence-electron chi connectivity index (χ2n) is 6.93. The molecule has 0 aliphatic heterocycles. The number of hydrogen-bond acceptors (Lipinski definition) is 6. The first-order chi connectivity index (χ1) is 16.5. The maximum Gasteiger partial charge on any atom is 0.287 e. The number of carbonyl (C=O) groups is 2. The van der Waals surface area contributed by atoms with Crippen LogP contribution in [-0.2, 0) is 4.79 Å². The van der Waals surface area contributed by atoms with Gasteiger partial charge in [-0.2, -0.15) is 5.10 Å². The van der Waals surface area contributed by atoms with Gasteiger partial charge in [-0.05, 0) is 60.5 Å². The van der Waals surface area contributed by atoms with Crippen LogP contribution in [0.25, 0.3) is 6.08 Å². The fourth-order valence-electron chi connectivity index (χ4n) is 2.88.